The lowest BCUT2D eigenvalue weighted by Crippen LogP contribution is -2.41. The molecule has 160 valence electrons. The Morgan fingerprint density at radius 1 is 1.07 bits per heavy atom. The minimum Gasteiger partial charge on any atom is -0.459 e. The fourth-order valence-corrected chi connectivity index (χ4v) is 3.19. The monoisotopic (exact) mass is 415 g/mol. The molecule has 1 fully saturated rings. The van der Waals surface area contributed by atoms with Crippen LogP contribution in [-0.4, -0.2) is 56.2 Å². The van der Waals surface area contributed by atoms with E-state index in [1.165, 1.54) is 13.4 Å². The van der Waals surface area contributed by atoms with Crippen LogP contribution in [0.5, 0.6) is 0 Å². The SMILES string of the molecule is COCCOC(=O)Nc1cccc(NC(=O)C2CCN(C(=O)c3ccco3)CC2)c1. The molecule has 2 heterocycles. The van der Waals surface area contributed by atoms with E-state index in [0.717, 1.165) is 0 Å². The highest BCUT2D eigenvalue weighted by molar-refractivity contribution is 5.95. The second kappa shape index (κ2) is 10.4. The molecule has 0 saturated carbocycles. The van der Waals surface area contributed by atoms with Crippen LogP contribution in [0.3, 0.4) is 0 Å². The zero-order valence-corrected chi connectivity index (χ0v) is 16.8. The summed E-state index contributed by atoms with van der Waals surface area (Å²) in [5.41, 5.74) is 1.08. The predicted molar refractivity (Wildman–Crippen MR) is 109 cm³/mol. The summed E-state index contributed by atoms with van der Waals surface area (Å²) in [4.78, 5) is 38.4. The average Bonchev–Trinajstić information content (AvgIpc) is 3.29. The summed E-state index contributed by atoms with van der Waals surface area (Å²) >= 11 is 0. The Morgan fingerprint density at radius 2 is 1.80 bits per heavy atom. The lowest BCUT2D eigenvalue weighted by molar-refractivity contribution is -0.121. The van der Waals surface area contributed by atoms with Crippen LogP contribution in [0.4, 0.5) is 16.2 Å². The third kappa shape index (κ3) is 5.84. The van der Waals surface area contributed by atoms with Crippen LogP contribution in [0.2, 0.25) is 0 Å². The van der Waals surface area contributed by atoms with E-state index in [1.54, 1.807) is 41.3 Å². The largest absolute Gasteiger partial charge is 0.459 e. The molecular formula is C21H25N3O6. The van der Waals surface area contributed by atoms with Crippen LogP contribution < -0.4 is 10.6 Å². The summed E-state index contributed by atoms with van der Waals surface area (Å²) in [5, 5.41) is 5.48. The van der Waals surface area contributed by atoms with Gasteiger partial charge >= 0.3 is 6.09 Å². The molecule has 9 nitrogen and oxygen atoms in total. The molecule has 0 atom stereocenters. The van der Waals surface area contributed by atoms with Crippen molar-refractivity contribution in [1.82, 2.24) is 4.90 Å². The molecule has 3 rings (SSSR count). The second-order valence-corrected chi connectivity index (χ2v) is 6.87. The first-order valence-corrected chi connectivity index (χ1v) is 9.73. The molecule has 2 N–H and O–H groups in total. The van der Waals surface area contributed by atoms with Crippen molar-refractivity contribution in [3.05, 3.63) is 48.4 Å². The Hall–Kier alpha value is -3.33. The number of anilines is 2. The predicted octanol–water partition coefficient (Wildman–Crippen LogP) is 2.97. The van der Waals surface area contributed by atoms with Crippen LogP contribution >= 0.6 is 0 Å². The first kappa shape index (κ1) is 21.4. The van der Waals surface area contributed by atoms with Crippen molar-refractivity contribution in [2.24, 2.45) is 5.92 Å². The number of piperidine rings is 1. The highest BCUT2D eigenvalue weighted by Crippen LogP contribution is 2.22. The average molecular weight is 415 g/mol. The van der Waals surface area contributed by atoms with E-state index in [-0.39, 0.29) is 24.3 Å². The van der Waals surface area contributed by atoms with Crippen molar-refractivity contribution < 1.29 is 28.3 Å². The summed E-state index contributed by atoms with van der Waals surface area (Å²) < 4.78 is 14.9. The Labute approximate surface area is 174 Å². The van der Waals surface area contributed by atoms with Gasteiger partial charge in [0.25, 0.3) is 5.91 Å². The summed E-state index contributed by atoms with van der Waals surface area (Å²) in [6, 6.07) is 10.1. The van der Waals surface area contributed by atoms with E-state index in [4.69, 9.17) is 13.9 Å². The third-order valence-corrected chi connectivity index (χ3v) is 4.78. The number of carbonyl (C=O) groups is 3. The third-order valence-electron chi connectivity index (χ3n) is 4.78. The van der Waals surface area contributed by atoms with Gasteiger partial charge in [-0.3, -0.25) is 14.9 Å². The normalized spacial score (nSPS) is 14.2. The van der Waals surface area contributed by atoms with Gasteiger partial charge in [0, 0.05) is 37.5 Å². The molecule has 1 aliphatic heterocycles. The molecule has 0 radical (unpaired) electrons. The van der Waals surface area contributed by atoms with E-state index in [2.05, 4.69) is 10.6 Å². The zero-order chi connectivity index (χ0) is 21.3. The van der Waals surface area contributed by atoms with Crippen LogP contribution in [0.1, 0.15) is 23.4 Å². The Morgan fingerprint density at radius 3 is 2.47 bits per heavy atom. The molecule has 1 saturated heterocycles. The highest BCUT2D eigenvalue weighted by atomic mass is 16.6. The lowest BCUT2D eigenvalue weighted by Gasteiger charge is -2.30. The number of amides is 3. The Kier molecular flexibility index (Phi) is 7.45. The highest BCUT2D eigenvalue weighted by Gasteiger charge is 2.28. The number of methoxy groups -OCH3 is 1. The van der Waals surface area contributed by atoms with Gasteiger partial charge in [0.2, 0.25) is 5.91 Å². The summed E-state index contributed by atoms with van der Waals surface area (Å²) in [7, 11) is 1.52. The quantitative estimate of drug-likeness (QED) is 0.673. The van der Waals surface area contributed by atoms with E-state index in [1.807, 2.05) is 0 Å². The van der Waals surface area contributed by atoms with E-state index in [9.17, 15) is 14.4 Å². The molecule has 0 spiro atoms. The van der Waals surface area contributed by atoms with Crippen LogP contribution in [0.15, 0.2) is 47.1 Å². The number of rotatable bonds is 7. The Bertz CT molecular complexity index is 859. The fourth-order valence-electron chi connectivity index (χ4n) is 3.19. The summed E-state index contributed by atoms with van der Waals surface area (Å²) in [6.45, 7) is 1.45. The Balaban J connectivity index is 1.48. The van der Waals surface area contributed by atoms with Crippen LogP contribution in [0, 0.1) is 5.92 Å². The number of hydrogen-bond acceptors (Lipinski definition) is 6. The van der Waals surface area contributed by atoms with Crippen LogP contribution in [0.25, 0.3) is 0 Å². The number of hydrogen-bond donors (Lipinski definition) is 2. The molecule has 30 heavy (non-hydrogen) atoms. The van der Waals surface area contributed by atoms with Crippen molar-refractivity contribution in [3.63, 3.8) is 0 Å². The van der Waals surface area contributed by atoms with E-state index >= 15 is 0 Å². The minimum atomic E-state index is -0.593. The molecule has 1 aromatic heterocycles. The number of ether oxygens (including phenoxy) is 2. The van der Waals surface area contributed by atoms with Gasteiger partial charge in [0.15, 0.2) is 5.76 Å². The zero-order valence-electron chi connectivity index (χ0n) is 16.8. The minimum absolute atomic E-state index is 0.111. The molecule has 1 aromatic carbocycles. The maximum Gasteiger partial charge on any atom is 0.411 e. The van der Waals surface area contributed by atoms with Gasteiger partial charge in [0.05, 0.1) is 12.9 Å². The number of carbonyl (C=O) groups excluding carboxylic acids is 3. The molecule has 1 aliphatic rings. The fraction of sp³-hybridized carbons (Fsp3) is 0.381. The number of nitrogens with zero attached hydrogens (tertiary/aromatic N) is 1. The number of nitrogens with one attached hydrogen (secondary N) is 2. The molecule has 0 bridgehead atoms. The van der Waals surface area contributed by atoms with Crippen molar-refractivity contribution >= 4 is 29.3 Å². The first-order chi connectivity index (χ1) is 14.6. The van der Waals surface area contributed by atoms with Gasteiger partial charge in [-0.1, -0.05) is 6.07 Å². The topological polar surface area (TPSA) is 110 Å². The van der Waals surface area contributed by atoms with Crippen molar-refractivity contribution in [1.29, 1.82) is 0 Å². The molecule has 3 amide bonds. The van der Waals surface area contributed by atoms with E-state index < -0.39 is 6.09 Å². The number of furan rings is 1. The molecular weight excluding hydrogens is 390 g/mol. The first-order valence-electron chi connectivity index (χ1n) is 9.73. The van der Waals surface area contributed by atoms with Crippen molar-refractivity contribution in [2.45, 2.75) is 12.8 Å². The van der Waals surface area contributed by atoms with Crippen molar-refractivity contribution in [3.8, 4) is 0 Å². The summed E-state index contributed by atoms with van der Waals surface area (Å²) in [5.74, 6) is -0.154. The molecule has 0 unspecified atom stereocenters. The van der Waals surface area contributed by atoms with Gasteiger partial charge < -0.3 is 24.1 Å². The summed E-state index contributed by atoms with van der Waals surface area (Å²) in [6.07, 6.45) is 2.02. The van der Waals surface area contributed by atoms with Gasteiger partial charge in [0.1, 0.15) is 6.61 Å². The molecule has 0 aliphatic carbocycles. The molecule has 2 aromatic rings. The maximum absolute atomic E-state index is 12.6. The van der Waals surface area contributed by atoms with Gasteiger partial charge in [-0.25, -0.2) is 4.79 Å². The van der Waals surface area contributed by atoms with Crippen LogP contribution in [-0.2, 0) is 14.3 Å². The number of likely N-dealkylation sites (tertiary alicyclic amines) is 1. The van der Waals surface area contributed by atoms with Gasteiger partial charge in [-0.15, -0.1) is 0 Å². The lowest BCUT2D eigenvalue weighted by atomic mass is 9.95. The number of benzene rings is 1. The smallest absolute Gasteiger partial charge is 0.411 e. The standard InChI is InChI=1S/C21H25N3O6/c1-28-12-13-30-21(27)23-17-5-2-4-16(14-17)22-19(25)15-7-9-24(10-8-15)20(26)18-6-3-11-29-18/h2-6,11,14-15H,7-10,12-13H2,1H3,(H,22,25)(H,23,27). The van der Waals surface area contributed by atoms with Gasteiger partial charge in [-0.2, -0.15) is 0 Å². The maximum atomic E-state index is 12.6. The van der Waals surface area contributed by atoms with Crippen molar-refractivity contribution in [2.75, 3.05) is 44.0 Å². The van der Waals surface area contributed by atoms with E-state index in [0.29, 0.717) is 49.7 Å². The molecule has 9 heteroatoms. The second-order valence-electron chi connectivity index (χ2n) is 6.87. The van der Waals surface area contributed by atoms with Gasteiger partial charge in [-0.05, 0) is 43.2 Å².